The molecule has 5 heteroatoms. The highest BCUT2D eigenvalue weighted by atomic mass is 16.4. The molecule has 0 radical (unpaired) electrons. The summed E-state index contributed by atoms with van der Waals surface area (Å²) < 4.78 is 0. The van der Waals surface area contributed by atoms with Crippen LogP contribution >= 0.6 is 0 Å². The molecule has 1 aromatic carbocycles. The van der Waals surface area contributed by atoms with Gasteiger partial charge in [-0.3, -0.25) is 9.59 Å². The van der Waals surface area contributed by atoms with Crippen LogP contribution in [0.4, 0.5) is 0 Å². The van der Waals surface area contributed by atoms with Gasteiger partial charge >= 0.3 is 5.97 Å². The Bertz CT molecular complexity index is 468. The number of carboxylic acids is 1. The highest BCUT2D eigenvalue weighted by Gasteiger charge is 2.33. The van der Waals surface area contributed by atoms with Gasteiger partial charge in [0.2, 0.25) is 0 Å². The van der Waals surface area contributed by atoms with Crippen molar-refractivity contribution in [2.24, 2.45) is 5.92 Å². The molecule has 18 heavy (non-hydrogen) atoms. The first kappa shape index (κ1) is 12.4. The van der Waals surface area contributed by atoms with Crippen molar-refractivity contribution < 1.29 is 19.8 Å². The van der Waals surface area contributed by atoms with Gasteiger partial charge in [0, 0.05) is 11.6 Å². The lowest BCUT2D eigenvalue weighted by Crippen LogP contribution is -2.38. The first-order chi connectivity index (χ1) is 8.56. The second kappa shape index (κ2) is 5.08. The van der Waals surface area contributed by atoms with Crippen molar-refractivity contribution in [2.45, 2.75) is 25.3 Å². The zero-order chi connectivity index (χ0) is 13.1. The Hall–Kier alpha value is -2.04. The zero-order valence-electron chi connectivity index (χ0n) is 9.80. The molecule has 0 aromatic heterocycles. The number of aliphatic carboxylic acids is 1. The molecule has 3 N–H and O–H groups in total. The fourth-order valence-corrected chi connectivity index (χ4v) is 1.92. The summed E-state index contributed by atoms with van der Waals surface area (Å²) in [6, 6.07) is 5.68. The Labute approximate surface area is 104 Å². The molecular weight excluding hydrogens is 234 g/mol. The number of carbonyl (C=O) groups excluding carboxylic acids is 1. The van der Waals surface area contributed by atoms with Gasteiger partial charge in [0.1, 0.15) is 5.75 Å². The van der Waals surface area contributed by atoms with E-state index < -0.39 is 5.97 Å². The molecule has 96 valence electrons. The zero-order valence-corrected chi connectivity index (χ0v) is 9.80. The Morgan fingerprint density at radius 1 is 1.39 bits per heavy atom. The van der Waals surface area contributed by atoms with Crippen LogP contribution in [0.25, 0.3) is 0 Å². The van der Waals surface area contributed by atoms with Gasteiger partial charge < -0.3 is 15.5 Å². The number of amides is 1. The van der Waals surface area contributed by atoms with E-state index in [4.69, 9.17) is 5.11 Å². The monoisotopic (exact) mass is 249 g/mol. The van der Waals surface area contributed by atoms with E-state index in [1.54, 1.807) is 12.1 Å². The summed E-state index contributed by atoms with van der Waals surface area (Å²) in [5.41, 5.74) is 0.339. The summed E-state index contributed by atoms with van der Waals surface area (Å²) in [5.74, 6) is -0.974. The number of carboxylic acid groups (broad SMARTS) is 1. The van der Waals surface area contributed by atoms with Crippen molar-refractivity contribution in [1.82, 2.24) is 5.32 Å². The van der Waals surface area contributed by atoms with Gasteiger partial charge in [-0.25, -0.2) is 0 Å². The van der Waals surface area contributed by atoms with E-state index in [2.05, 4.69) is 5.32 Å². The molecule has 1 unspecified atom stereocenters. The number of rotatable bonds is 5. The molecule has 0 bridgehead atoms. The van der Waals surface area contributed by atoms with Crippen LogP contribution in [0.5, 0.6) is 5.75 Å². The molecule has 1 amide bonds. The lowest BCUT2D eigenvalue weighted by Gasteiger charge is -2.16. The van der Waals surface area contributed by atoms with Crippen LogP contribution < -0.4 is 5.32 Å². The number of phenols is 1. The van der Waals surface area contributed by atoms with Gasteiger partial charge in [-0.1, -0.05) is 6.07 Å². The molecule has 2 rings (SSSR count). The van der Waals surface area contributed by atoms with Crippen LogP contribution in [0, 0.1) is 5.92 Å². The van der Waals surface area contributed by atoms with Crippen molar-refractivity contribution in [3.05, 3.63) is 29.8 Å². The molecule has 1 aliphatic carbocycles. The lowest BCUT2D eigenvalue weighted by atomic mass is 10.1. The van der Waals surface area contributed by atoms with Gasteiger partial charge in [0.25, 0.3) is 5.91 Å². The molecule has 0 spiro atoms. The van der Waals surface area contributed by atoms with E-state index in [1.807, 2.05) is 0 Å². The van der Waals surface area contributed by atoms with Crippen molar-refractivity contribution in [2.75, 3.05) is 0 Å². The maximum absolute atomic E-state index is 11.9. The average Bonchev–Trinajstić information content (AvgIpc) is 3.11. The topological polar surface area (TPSA) is 86.6 Å². The second-order valence-corrected chi connectivity index (χ2v) is 4.57. The summed E-state index contributed by atoms with van der Waals surface area (Å²) >= 11 is 0. The van der Waals surface area contributed by atoms with Gasteiger partial charge in [0.15, 0.2) is 0 Å². The normalized spacial score (nSPS) is 16.0. The quantitative estimate of drug-likeness (QED) is 0.735. The maximum atomic E-state index is 11.9. The van der Waals surface area contributed by atoms with Crippen molar-refractivity contribution in [3.63, 3.8) is 0 Å². The van der Waals surface area contributed by atoms with Crippen LogP contribution in [0.1, 0.15) is 29.6 Å². The number of nitrogens with one attached hydrogen (secondary N) is 1. The predicted molar refractivity (Wildman–Crippen MR) is 64.3 cm³/mol. The smallest absolute Gasteiger partial charge is 0.305 e. The highest BCUT2D eigenvalue weighted by Crippen LogP contribution is 2.34. The molecular formula is C13H15NO4. The lowest BCUT2D eigenvalue weighted by molar-refractivity contribution is -0.137. The van der Waals surface area contributed by atoms with Crippen molar-refractivity contribution in [3.8, 4) is 5.75 Å². The fraction of sp³-hybridized carbons (Fsp3) is 0.385. The molecule has 1 fully saturated rings. The number of hydrogen-bond donors (Lipinski definition) is 3. The van der Waals surface area contributed by atoms with Crippen LogP contribution in [-0.2, 0) is 4.79 Å². The number of hydrogen-bond acceptors (Lipinski definition) is 3. The summed E-state index contributed by atoms with van der Waals surface area (Å²) in [4.78, 5) is 22.6. The molecule has 0 heterocycles. The molecule has 1 aromatic rings. The van der Waals surface area contributed by atoms with E-state index in [9.17, 15) is 14.7 Å². The predicted octanol–water partition coefficient (Wildman–Crippen LogP) is 1.38. The first-order valence-corrected chi connectivity index (χ1v) is 5.88. The van der Waals surface area contributed by atoms with Gasteiger partial charge in [-0.2, -0.15) is 0 Å². The van der Waals surface area contributed by atoms with Gasteiger partial charge in [0.05, 0.1) is 6.42 Å². The van der Waals surface area contributed by atoms with Crippen LogP contribution in [0.2, 0.25) is 0 Å². The summed E-state index contributed by atoms with van der Waals surface area (Å²) in [6.07, 6.45) is 1.85. The number of aromatic hydroxyl groups is 1. The average molecular weight is 249 g/mol. The minimum Gasteiger partial charge on any atom is -0.508 e. The standard InChI is InChI=1S/C13H15NO4/c15-10-3-1-2-9(6-10)13(18)14-11(7-12(16)17)8-4-5-8/h1-3,6,8,11,15H,4-5,7H2,(H,14,18)(H,16,17). The minimum absolute atomic E-state index is 0.0175. The molecule has 1 saturated carbocycles. The van der Waals surface area contributed by atoms with Crippen molar-refractivity contribution in [1.29, 1.82) is 0 Å². The molecule has 1 aliphatic rings. The summed E-state index contributed by atoms with van der Waals surface area (Å²) in [7, 11) is 0. The third kappa shape index (κ3) is 3.23. The Kier molecular flexibility index (Phi) is 3.50. The Morgan fingerprint density at radius 2 is 2.11 bits per heavy atom. The number of phenolic OH excluding ortho intramolecular Hbond substituents is 1. The van der Waals surface area contributed by atoms with Crippen LogP contribution in [-0.4, -0.2) is 28.1 Å². The van der Waals surface area contributed by atoms with Gasteiger partial charge in [-0.15, -0.1) is 0 Å². The van der Waals surface area contributed by atoms with E-state index in [1.165, 1.54) is 12.1 Å². The minimum atomic E-state index is -0.914. The fourth-order valence-electron chi connectivity index (χ4n) is 1.92. The first-order valence-electron chi connectivity index (χ1n) is 5.88. The third-order valence-electron chi connectivity index (χ3n) is 3.01. The summed E-state index contributed by atoms with van der Waals surface area (Å²) in [6.45, 7) is 0. The number of carbonyl (C=O) groups is 2. The van der Waals surface area contributed by atoms with Crippen LogP contribution in [0.3, 0.4) is 0 Å². The maximum Gasteiger partial charge on any atom is 0.305 e. The number of benzene rings is 1. The second-order valence-electron chi connectivity index (χ2n) is 4.57. The summed E-state index contributed by atoms with van der Waals surface area (Å²) in [5, 5.41) is 20.8. The SMILES string of the molecule is O=C(O)CC(NC(=O)c1cccc(O)c1)C1CC1. The largest absolute Gasteiger partial charge is 0.508 e. The Balaban J connectivity index is 2.02. The van der Waals surface area contributed by atoms with E-state index in [0.29, 0.717) is 5.56 Å². The van der Waals surface area contributed by atoms with Crippen molar-refractivity contribution >= 4 is 11.9 Å². The molecule has 1 atom stereocenters. The van der Waals surface area contributed by atoms with E-state index in [0.717, 1.165) is 12.8 Å². The molecule has 0 saturated heterocycles. The van der Waals surface area contributed by atoms with Crippen LogP contribution in [0.15, 0.2) is 24.3 Å². The third-order valence-corrected chi connectivity index (χ3v) is 3.01. The van der Waals surface area contributed by atoms with E-state index >= 15 is 0 Å². The van der Waals surface area contributed by atoms with Gasteiger partial charge in [-0.05, 0) is 37.0 Å². The highest BCUT2D eigenvalue weighted by molar-refractivity contribution is 5.95. The molecule has 0 aliphatic heterocycles. The Morgan fingerprint density at radius 3 is 2.67 bits per heavy atom. The van der Waals surface area contributed by atoms with E-state index in [-0.39, 0.29) is 30.0 Å². The molecule has 5 nitrogen and oxygen atoms in total.